The van der Waals surface area contributed by atoms with Gasteiger partial charge >= 0.3 is 5.97 Å². The van der Waals surface area contributed by atoms with Gasteiger partial charge in [-0.1, -0.05) is 59.8 Å². The maximum Gasteiger partial charge on any atom is 0.326 e. The third-order valence-corrected chi connectivity index (χ3v) is 15.0. The molecule has 1 aromatic carbocycles. The molecular formula is C27H44N2O7SSi2. The van der Waals surface area contributed by atoms with Gasteiger partial charge in [0.1, 0.15) is 12.3 Å². The lowest BCUT2D eigenvalue weighted by atomic mass is 9.90. The number of nitrogens with zero attached hydrogens (tertiary/aromatic N) is 2. The highest BCUT2D eigenvalue weighted by Crippen LogP contribution is 2.42. The van der Waals surface area contributed by atoms with Crippen molar-refractivity contribution >= 4 is 47.4 Å². The number of hydrogen-bond acceptors (Lipinski definition) is 7. The molecule has 1 fully saturated rings. The number of amides is 1. The smallest absolute Gasteiger partial charge is 0.326 e. The first-order valence-corrected chi connectivity index (χ1v) is 18.7. The van der Waals surface area contributed by atoms with Gasteiger partial charge in [-0.15, -0.1) is 18.3 Å². The van der Waals surface area contributed by atoms with Crippen LogP contribution in [0.2, 0.25) is 23.2 Å². The quantitative estimate of drug-likeness (QED) is 0.0762. The van der Waals surface area contributed by atoms with Crippen molar-refractivity contribution in [2.45, 2.75) is 95.3 Å². The van der Waals surface area contributed by atoms with Crippen molar-refractivity contribution in [2.24, 2.45) is 5.92 Å². The van der Waals surface area contributed by atoms with Crippen molar-refractivity contribution in [1.82, 2.24) is 4.90 Å². The van der Waals surface area contributed by atoms with E-state index in [4.69, 9.17) is 8.85 Å². The maximum atomic E-state index is 13.6. The van der Waals surface area contributed by atoms with Gasteiger partial charge in [0.05, 0.1) is 16.2 Å². The van der Waals surface area contributed by atoms with Crippen LogP contribution in [0, 0.1) is 16.0 Å². The number of carboxylic acids is 1. The van der Waals surface area contributed by atoms with Gasteiger partial charge in [-0.05, 0) is 28.7 Å². The number of likely N-dealkylation sites (tertiary alicyclic amines) is 1. The second-order valence-corrected chi connectivity index (χ2v) is 20.0. The number of carboxylic acid groups (broad SMARTS) is 1. The standard InChI is InChI=1S/C27H44N2O7SSi2/c1-10-15-37-24-20(17-22(35-38(8)26(2,3)4)36-39(9)27(5,6)7)23(30)28(24)21(25(31)32)16-18-11-13-19(14-12-18)29(33)34/h10-14,20-22,24,38-39H,1,15-17H2,2-9H3,(H,31,32). The lowest BCUT2D eigenvalue weighted by molar-refractivity contribution is -0.384. The number of carbonyl (C=O) groups is 2. The summed E-state index contributed by atoms with van der Waals surface area (Å²) in [7, 11) is -3.35. The first kappa shape index (κ1) is 33.2. The van der Waals surface area contributed by atoms with Gasteiger partial charge in [0.25, 0.3) is 5.69 Å². The van der Waals surface area contributed by atoms with Gasteiger partial charge in [0, 0.05) is 30.7 Å². The molecule has 1 aliphatic heterocycles. The summed E-state index contributed by atoms with van der Waals surface area (Å²) < 4.78 is 13.1. The molecule has 5 unspecified atom stereocenters. The lowest BCUT2D eigenvalue weighted by Gasteiger charge is -2.50. The molecular weight excluding hydrogens is 553 g/mol. The number of carbonyl (C=O) groups excluding carboxylic acids is 1. The fourth-order valence-corrected chi connectivity index (χ4v) is 7.37. The molecule has 218 valence electrons. The molecule has 0 aliphatic carbocycles. The van der Waals surface area contributed by atoms with Crippen LogP contribution in [0.1, 0.15) is 53.5 Å². The Kier molecular flexibility index (Phi) is 11.6. The van der Waals surface area contributed by atoms with Crippen LogP contribution in [0.4, 0.5) is 5.69 Å². The van der Waals surface area contributed by atoms with E-state index in [9.17, 15) is 24.8 Å². The Labute approximate surface area is 239 Å². The average molecular weight is 597 g/mol. The number of thioether (sulfide) groups is 1. The molecule has 2 rings (SSSR count). The predicted octanol–water partition coefficient (Wildman–Crippen LogP) is 5.35. The molecule has 1 N–H and O–H groups in total. The summed E-state index contributed by atoms with van der Waals surface area (Å²) in [4.78, 5) is 37.8. The van der Waals surface area contributed by atoms with Gasteiger partial charge in [0.15, 0.2) is 18.1 Å². The van der Waals surface area contributed by atoms with E-state index in [1.54, 1.807) is 6.08 Å². The van der Waals surface area contributed by atoms with Crippen molar-refractivity contribution in [2.75, 3.05) is 5.75 Å². The minimum atomic E-state index is -1.67. The Bertz CT molecular complexity index is 1000. The second kappa shape index (κ2) is 13.6. The molecule has 1 saturated heterocycles. The summed E-state index contributed by atoms with van der Waals surface area (Å²) in [5, 5.41) is 20.7. The van der Waals surface area contributed by atoms with Crippen LogP contribution in [0.3, 0.4) is 0 Å². The van der Waals surface area contributed by atoms with E-state index in [1.165, 1.54) is 40.9 Å². The molecule has 1 aliphatic rings. The molecule has 0 radical (unpaired) electrons. The average Bonchev–Trinajstić information content (AvgIpc) is 2.82. The monoisotopic (exact) mass is 596 g/mol. The van der Waals surface area contributed by atoms with E-state index in [-0.39, 0.29) is 33.5 Å². The van der Waals surface area contributed by atoms with E-state index in [2.05, 4.69) is 61.2 Å². The molecule has 1 heterocycles. The van der Waals surface area contributed by atoms with Crippen molar-refractivity contribution < 1.29 is 28.5 Å². The zero-order valence-electron chi connectivity index (χ0n) is 24.4. The van der Waals surface area contributed by atoms with Gasteiger partial charge in [-0.3, -0.25) is 14.9 Å². The van der Waals surface area contributed by atoms with Crippen LogP contribution in [0.15, 0.2) is 36.9 Å². The van der Waals surface area contributed by atoms with Crippen LogP contribution >= 0.6 is 11.8 Å². The fourth-order valence-electron chi connectivity index (χ4n) is 3.96. The SMILES string of the molecule is C=CCSC1C(CC(O[SiH](C)C(C)(C)C)O[SiH](C)C(C)(C)C)C(=O)N1C(Cc1ccc([N+](=O)[O-])cc1)C(=O)O. The molecule has 0 aromatic heterocycles. The summed E-state index contributed by atoms with van der Waals surface area (Å²) >= 11 is 1.48. The molecule has 5 atom stereocenters. The third kappa shape index (κ3) is 9.00. The van der Waals surface area contributed by atoms with Crippen molar-refractivity contribution in [3.8, 4) is 0 Å². The molecule has 0 spiro atoms. The van der Waals surface area contributed by atoms with E-state index in [0.29, 0.717) is 17.7 Å². The fraction of sp³-hybridized carbons (Fsp3) is 0.630. The number of hydrogen-bond donors (Lipinski definition) is 1. The summed E-state index contributed by atoms with van der Waals surface area (Å²) in [6, 6.07) is 4.67. The Morgan fingerprint density at radius 2 is 1.67 bits per heavy atom. The van der Waals surface area contributed by atoms with Crippen LogP contribution in [-0.4, -0.2) is 68.3 Å². The molecule has 1 aromatic rings. The number of nitro benzene ring substituents is 1. The number of β-lactam (4-membered cyclic amide) rings is 1. The van der Waals surface area contributed by atoms with Gasteiger partial charge in [-0.25, -0.2) is 4.79 Å². The summed E-state index contributed by atoms with van der Waals surface area (Å²) in [5.74, 6) is -1.24. The minimum Gasteiger partial charge on any atom is -0.480 e. The zero-order valence-corrected chi connectivity index (χ0v) is 27.5. The van der Waals surface area contributed by atoms with Gasteiger partial charge < -0.3 is 18.9 Å². The number of non-ortho nitro benzene ring substituents is 1. The third-order valence-electron chi connectivity index (χ3n) is 7.37. The Morgan fingerprint density at radius 1 is 1.15 bits per heavy atom. The highest BCUT2D eigenvalue weighted by atomic mass is 32.2. The van der Waals surface area contributed by atoms with Crippen LogP contribution in [-0.2, 0) is 24.9 Å². The Morgan fingerprint density at radius 3 is 2.08 bits per heavy atom. The minimum absolute atomic E-state index is 0.0138. The highest BCUT2D eigenvalue weighted by Gasteiger charge is 2.53. The number of benzene rings is 1. The van der Waals surface area contributed by atoms with E-state index >= 15 is 0 Å². The summed E-state index contributed by atoms with van der Waals surface area (Å²) in [6.07, 6.45) is 1.64. The first-order chi connectivity index (χ1) is 18.0. The van der Waals surface area contributed by atoms with Crippen molar-refractivity contribution in [1.29, 1.82) is 0 Å². The van der Waals surface area contributed by atoms with E-state index < -0.39 is 47.2 Å². The van der Waals surface area contributed by atoms with Crippen molar-refractivity contribution in [3.05, 3.63) is 52.6 Å². The molecule has 0 bridgehead atoms. The Balaban J connectivity index is 2.30. The highest BCUT2D eigenvalue weighted by molar-refractivity contribution is 8.00. The lowest BCUT2D eigenvalue weighted by Crippen LogP contribution is -2.66. The van der Waals surface area contributed by atoms with Crippen molar-refractivity contribution in [3.63, 3.8) is 0 Å². The van der Waals surface area contributed by atoms with E-state index in [1.807, 2.05) is 0 Å². The molecule has 1 amide bonds. The largest absolute Gasteiger partial charge is 0.480 e. The normalized spacial score (nSPS) is 21.0. The van der Waals surface area contributed by atoms with Gasteiger partial charge in [0.2, 0.25) is 5.91 Å². The topological polar surface area (TPSA) is 119 Å². The number of nitro groups is 1. The summed E-state index contributed by atoms with van der Waals surface area (Å²) in [6.45, 7) is 21.0. The molecule has 39 heavy (non-hydrogen) atoms. The molecule has 9 nitrogen and oxygen atoms in total. The first-order valence-electron chi connectivity index (χ1n) is 13.3. The summed E-state index contributed by atoms with van der Waals surface area (Å²) in [5.41, 5.74) is 0.536. The Hall–Kier alpha value is -2.00. The van der Waals surface area contributed by atoms with Crippen LogP contribution < -0.4 is 0 Å². The zero-order chi connectivity index (χ0) is 29.7. The second-order valence-electron chi connectivity index (χ2n) is 12.3. The van der Waals surface area contributed by atoms with Crippen LogP contribution in [0.5, 0.6) is 0 Å². The number of aliphatic carboxylic acids is 1. The molecule has 0 saturated carbocycles. The number of rotatable bonds is 14. The predicted molar refractivity (Wildman–Crippen MR) is 161 cm³/mol. The van der Waals surface area contributed by atoms with Crippen LogP contribution in [0.25, 0.3) is 0 Å². The van der Waals surface area contributed by atoms with Gasteiger partial charge in [-0.2, -0.15) is 0 Å². The molecule has 12 heteroatoms. The maximum absolute atomic E-state index is 13.6. The van der Waals surface area contributed by atoms with E-state index in [0.717, 1.165) is 0 Å².